The number of carbonyl (C=O) groups is 1. The van der Waals surface area contributed by atoms with Crippen molar-refractivity contribution in [3.05, 3.63) is 58.0 Å². The molecular weight excluding hydrogens is 482 g/mol. The molecular formula is C24H26BrN7O. The Morgan fingerprint density at radius 1 is 1.15 bits per heavy atom. The highest BCUT2D eigenvalue weighted by atomic mass is 79.9. The van der Waals surface area contributed by atoms with Crippen molar-refractivity contribution in [1.29, 1.82) is 0 Å². The molecule has 1 aromatic carbocycles. The van der Waals surface area contributed by atoms with Crippen LogP contribution in [-0.2, 0) is 0 Å². The van der Waals surface area contributed by atoms with E-state index in [1.807, 2.05) is 29.2 Å². The highest BCUT2D eigenvalue weighted by Gasteiger charge is 2.22. The van der Waals surface area contributed by atoms with Gasteiger partial charge < -0.3 is 25.1 Å². The van der Waals surface area contributed by atoms with E-state index >= 15 is 0 Å². The second kappa shape index (κ2) is 8.31. The molecule has 0 aliphatic carbocycles. The zero-order valence-electron chi connectivity index (χ0n) is 18.9. The zero-order chi connectivity index (χ0) is 23.3. The Hall–Kier alpha value is -3.17. The van der Waals surface area contributed by atoms with Crippen LogP contribution in [-0.4, -0.2) is 68.5 Å². The van der Waals surface area contributed by atoms with Gasteiger partial charge in [0, 0.05) is 60.6 Å². The number of imidazole rings is 1. The van der Waals surface area contributed by atoms with Crippen molar-refractivity contribution in [3.63, 3.8) is 0 Å². The highest BCUT2D eigenvalue weighted by molar-refractivity contribution is 9.10. The number of piperazine rings is 1. The zero-order valence-corrected chi connectivity index (χ0v) is 20.5. The lowest BCUT2D eigenvalue weighted by Gasteiger charge is -2.32. The normalized spacial score (nSPS) is 14.8. The third-order valence-electron chi connectivity index (χ3n) is 6.34. The molecule has 8 nitrogen and oxygen atoms in total. The van der Waals surface area contributed by atoms with E-state index in [1.165, 1.54) is 0 Å². The molecule has 9 heteroatoms. The molecule has 1 aliphatic rings. The molecule has 1 fully saturated rings. The number of fused-ring (bicyclic) bond motifs is 1. The lowest BCUT2D eigenvalue weighted by atomic mass is 10.1. The summed E-state index contributed by atoms with van der Waals surface area (Å²) in [5.74, 6) is 0.795. The van der Waals surface area contributed by atoms with Crippen molar-refractivity contribution in [1.82, 2.24) is 29.3 Å². The number of likely N-dealkylation sites (N-methyl/N-ethyl adjacent to an activating group) is 1. The van der Waals surface area contributed by atoms with E-state index in [4.69, 9.17) is 5.73 Å². The largest absolute Gasteiger partial charge is 0.396 e. The summed E-state index contributed by atoms with van der Waals surface area (Å²) >= 11 is 3.42. The molecule has 0 atom stereocenters. The number of nitrogens with two attached hydrogens (primary N) is 1. The maximum absolute atomic E-state index is 13.1. The van der Waals surface area contributed by atoms with E-state index in [1.54, 1.807) is 6.20 Å². The Morgan fingerprint density at radius 3 is 2.67 bits per heavy atom. The van der Waals surface area contributed by atoms with Crippen LogP contribution in [0.5, 0.6) is 0 Å². The lowest BCUT2D eigenvalue weighted by Crippen LogP contribution is -2.47. The number of carbonyl (C=O) groups excluding carboxylic acids is 1. The van der Waals surface area contributed by atoms with Crippen molar-refractivity contribution in [2.24, 2.45) is 0 Å². The fraction of sp³-hybridized carbons (Fsp3) is 0.292. The summed E-state index contributed by atoms with van der Waals surface area (Å²) in [5.41, 5.74) is 12.8. The van der Waals surface area contributed by atoms with Crippen molar-refractivity contribution in [2.45, 2.75) is 13.8 Å². The topological polar surface area (TPSA) is 96.1 Å². The number of rotatable bonds is 3. The number of halogens is 1. The lowest BCUT2D eigenvalue weighted by molar-refractivity contribution is 0.0664. The number of benzene rings is 1. The standard InChI is InChI=1S/C24H26BrN7O/c1-14-11-18(22-28-21-20(26)19(25)13-27-23(21)29-22)15(2)32(14)17-6-4-5-16(12-17)24(33)31-9-7-30(3)8-10-31/h4-6,11-13H,7-10H2,1-3H3,(H3,26,27,28,29). The van der Waals surface area contributed by atoms with Crippen LogP contribution in [0.25, 0.3) is 28.2 Å². The number of aromatic amines is 1. The third kappa shape index (κ3) is 3.81. The van der Waals surface area contributed by atoms with Gasteiger partial charge in [0.25, 0.3) is 5.91 Å². The van der Waals surface area contributed by atoms with Gasteiger partial charge in [-0.05, 0) is 61.1 Å². The number of pyridine rings is 1. The average molecular weight is 508 g/mol. The number of nitrogens with one attached hydrogen (secondary N) is 1. The number of anilines is 1. The van der Waals surface area contributed by atoms with Crippen molar-refractivity contribution in [2.75, 3.05) is 39.0 Å². The van der Waals surface area contributed by atoms with E-state index in [0.29, 0.717) is 28.2 Å². The predicted octanol–water partition coefficient (Wildman–Crippen LogP) is 3.76. The Bertz CT molecular complexity index is 1360. The average Bonchev–Trinajstić information content (AvgIpc) is 3.37. The first kappa shape index (κ1) is 21.7. The van der Waals surface area contributed by atoms with Crippen LogP contribution < -0.4 is 5.73 Å². The molecule has 0 unspecified atom stereocenters. The smallest absolute Gasteiger partial charge is 0.254 e. The molecule has 0 radical (unpaired) electrons. The van der Waals surface area contributed by atoms with Gasteiger partial charge in [0.2, 0.25) is 0 Å². The van der Waals surface area contributed by atoms with Gasteiger partial charge in [0.05, 0.1) is 10.2 Å². The molecule has 0 bridgehead atoms. The maximum Gasteiger partial charge on any atom is 0.254 e. The summed E-state index contributed by atoms with van der Waals surface area (Å²) in [4.78, 5) is 29.6. The van der Waals surface area contributed by atoms with Gasteiger partial charge in [-0.15, -0.1) is 0 Å². The van der Waals surface area contributed by atoms with Gasteiger partial charge in [-0.1, -0.05) is 6.07 Å². The summed E-state index contributed by atoms with van der Waals surface area (Å²) in [5, 5.41) is 0. The van der Waals surface area contributed by atoms with E-state index < -0.39 is 0 Å². The van der Waals surface area contributed by atoms with Crippen LogP contribution in [0.2, 0.25) is 0 Å². The Balaban J connectivity index is 1.51. The predicted molar refractivity (Wildman–Crippen MR) is 134 cm³/mol. The van der Waals surface area contributed by atoms with E-state index in [2.05, 4.69) is 67.3 Å². The molecule has 33 heavy (non-hydrogen) atoms. The van der Waals surface area contributed by atoms with E-state index in [-0.39, 0.29) is 5.91 Å². The third-order valence-corrected chi connectivity index (χ3v) is 6.97. The number of H-pyrrole nitrogens is 1. The van der Waals surface area contributed by atoms with Gasteiger partial charge in [-0.25, -0.2) is 9.97 Å². The van der Waals surface area contributed by atoms with E-state index in [0.717, 1.165) is 53.3 Å². The number of nitrogens with zero attached hydrogens (tertiary/aromatic N) is 5. The number of nitrogen functional groups attached to an aromatic ring is 1. The number of aryl methyl sites for hydroxylation is 1. The molecule has 3 N–H and O–H groups in total. The van der Waals surface area contributed by atoms with Gasteiger partial charge in [0.15, 0.2) is 5.65 Å². The minimum absolute atomic E-state index is 0.0806. The molecule has 170 valence electrons. The van der Waals surface area contributed by atoms with Crippen LogP contribution >= 0.6 is 15.9 Å². The first-order valence-electron chi connectivity index (χ1n) is 10.9. The molecule has 1 aliphatic heterocycles. The molecule has 4 aromatic rings. The van der Waals surface area contributed by atoms with Gasteiger partial charge >= 0.3 is 0 Å². The van der Waals surface area contributed by atoms with Crippen LogP contribution in [0, 0.1) is 13.8 Å². The number of amides is 1. The summed E-state index contributed by atoms with van der Waals surface area (Å²) in [6, 6.07) is 9.93. The Kier molecular flexibility index (Phi) is 5.46. The fourth-order valence-electron chi connectivity index (χ4n) is 4.45. The van der Waals surface area contributed by atoms with Crippen molar-refractivity contribution < 1.29 is 4.79 Å². The van der Waals surface area contributed by atoms with Gasteiger partial charge in [0.1, 0.15) is 11.3 Å². The molecule has 3 aromatic heterocycles. The van der Waals surface area contributed by atoms with Gasteiger partial charge in [-0.2, -0.15) is 0 Å². The maximum atomic E-state index is 13.1. The molecule has 4 heterocycles. The SMILES string of the molecule is Cc1cc(-c2nc3ncc(Br)c(N)c3[nH]2)c(C)n1-c1cccc(C(=O)N2CCN(C)CC2)c1. The van der Waals surface area contributed by atoms with Crippen molar-refractivity contribution >= 4 is 38.7 Å². The molecule has 0 saturated carbocycles. The number of hydrogen-bond acceptors (Lipinski definition) is 5. The highest BCUT2D eigenvalue weighted by Crippen LogP contribution is 2.32. The van der Waals surface area contributed by atoms with E-state index in [9.17, 15) is 4.79 Å². The quantitative estimate of drug-likeness (QED) is 0.440. The van der Waals surface area contributed by atoms with Crippen LogP contribution in [0.1, 0.15) is 21.7 Å². The fourth-order valence-corrected chi connectivity index (χ4v) is 4.75. The number of aromatic nitrogens is 4. The van der Waals surface area contributed by atoms with Crippen LogP contribution in [0.15, 0.2) is 41.0 Å². The number of hydrogen-bond donors (Lipinski definition) is 2. The summed E-state index contributed by atoms with van der Waals surface area (Å²) < 4.78 is 2.88. The van der Waals surface area contributed by atoms with Crippen molar-refractivity contribution in [3.8, 4) is 17.1 Å². The molecule has 1 saturated heterocycles. The minimum Gasteiger partial charge on any atom is -0.396 e. The summed E-state index contributed by atoms with van der Waals surface area (Å²) in [6.07, 6.45) is 1.66. The summed E-state index contributed by atoms with van der Waals surface area (Å²) in [7, 11) is 2.09. The second-order valence-electron chi connectivity index (χ2n) is 8.57. The second-order valence-corrected chi connectivity index (χ2v) is 9.42. The summed E-state index contributed by atoms with van der Waals surface area (Å²) in [6.45, 7) is 7.42. The molecule has 0 spiro atoms. The molecule has 5 rings (SSSR count). The molecule has 1 amide bonds. The Labute approximate surface area is 200 Å². The first-order valence-corrected chi connectivity index (χ1v) is 11.7. The monoisotopic (exact) mass is 507 g/mol. The first-order chi connectivity index (χ1) is 15.8. The minimum atomic E-state index is 0.0806. The van der Waals surface area contributed by atoms with Crippen LogP contribution in [0.4, 0.5) is 5.69 Å². The van der Waals surface area contributed by atoms with Crippen LogP contribution in [0.3, 0.4) is 0 Å². The van der Waals surface area contributed by atoms with Gasteiger partial charge in [-0.3, -0.25) is 4.79 Å². The Morgan fingerprint density at radius 2 is 1.91 bits per heavy atom.